The largest absolute Gasteiger partial charge is 0.396 e. The van der Waals surface area contributed by atoms with Gasteiger partial charge in [-0.1, -0.05) is 121 Å². The SMILES string of the molecule is CO[C@H](c1ccccc1)[C@@H]1NC(=O)[C@H](C)NC(=O)[C@H](C[C@@H](C)CO)N(C)C(=O)[C@H]([C@H](O)C2=CC(C)c3ccccc32)NC(=O)[C@H]([C@H](C)C=C(C)C)NC(=O)[C@H](CC(C)C)N(C)C(=O)[C@H](C(C)C)NC1=O. The zero-order chi connectivity index (χ0) is 52.3. The molecule has 2 aromatic rings. The molecule has 0 saturated carbocycles. The summed E-state index contributed by atoms with van der Waals surface area (Å²) in [5, 5.41) is 36.6. The molecule has 17 heteroatoms. The highest BCUT2D eigenvalue weighted by Gasteiger charge is 2.44. The van der Waals surface area contributed by atoms with Gasteiger partial charge in [0.2, 0.25) is 41.4 Å². The number of hydrogen-bond acceptors (Lipinski definition) is 10. The first-order valence-corrected chi connectivity index (χ1v) is 24.3. The first-order chi connectivity index (χ1) is 32.9. The fourth-order valence-electron chi connectivity index (χ4n) is 9.20. The molecular formula is C53H77N7O10. The molecule has 1 aliphatic heterocycles. The number of nitrogens with zero attached hydrogens (tertiary/aromatic N) is 2. The number of amides is 7. The van der Waals surface area contributed by atoms with Crippen molar-refractivity contribution in [2.45, 2.75) is 142 Å². The highest BCUT2D eigenvalue weighted by atomic mass is 16.5. The highest BCUT2D eigenvalue weighted by Crippen LogP contribution is 2.38. The molecule has 2 aromatic carbocycles. The van der Waals surface area contributed by atoms with Crippen LogP contribution in [0.2, 0.25) is 0 Å². The standard InChI is InChI=1S/C53H77N7O10/c1-28(2)23-33(9)42-50(66)57-43(45(62)38-26-32(8)36-21-17-18-22-37(36)38)53(69)60(12)40(25-31(7)27-61)48(64)54-34(10)47(63)58-44(46(70-13)35-19-15-14-16-20-35)51(67)55-41(30(5)6)52(68)59(11)39(24-29(3)4)49(65)56-42/h14-23,26,29-34,39-46,61-62H,24-25,27H2,1-13H3,(H,54,64)(H,55,67)(H,56,65)(H,57,66)(H,58,63)/t31-,32?,33-,34+,39+,40+,41+,42+,43+,44+,45-,46-/m1/s1. The Hall–Kier alpha value is -5.91. The molecule has 2 aliphatic rings. The number of benzene rings is 2. The second kappa shape index (κ2) is 25.3. The van der Waals surface area contributed by atoms with Gasteiger partial charge >= 0.3 is 0 Å². The molecule has 0 spiro atoms. The number of allylic oxidation sites excluding steroid dienone is 2. The van der Waals surface area contributed by atoms with E-state index < -0.39 is 114 Å². The van der Waals surface area contributed by atoms with Gasteiger partial charge in [-0.15, -0.1) is 0 Å². The van der Waals surface area contributed by atoms with Crippen LogP contribution in [0.3, 0.4) is 0 Å². The zero-order valence-corrected chi connectivity index (χ0v) is 43.1. The van der Waals surface area contributed by atoms with Crippen LogP contribution in [0, 0.1) is 23.7 Å². The van der Waals surface area contributed by atoms with E-state index >= 15 is 4.79 Å². The number of ether oxygens (including phenoxy) is 1. The Labute approximate surface area is 413 Å². The van der Waals surface area contributed by atoms with Crippen molar-refractivity contribution in [3.63, 3.8) is 0 Å². The Morgan fingerprint density at radius 3 is 1.76 bits per heavy atom. The fourth-order valence-corrected chi connectivity index (χ4v) is 9.20. The Morgan fingerprint density at radius 1 is 0.671 bits per heavy atom. The molecule has 1 unspecified atom stereocenters. The Morgan fingerprint density at radius 2 is 1.19 bits per heavy atom. The van der Waals surface area contributed by atoms with E-state index in [-0.39, 0.29) is 31.3 Å². The van der Waals surface area contributed by atoms with Crippen LogP contribution < -0.4 is 26.6 Å². The second-order valence-corrected chi connectivity index (χ2v) is 20.1. The Kier molecular flexibility index (Phi) is 20.5. The molecule has 7 N–H and O–H groups in total. The number of carbonyl (C=O) groups excluding carboxylic acids is 7. The third-order valence-corrected chi connectivity index (χ3v) is 13.2. The van der Waals surface area contributed by atoms with E-state index in [4.69, 9.17) is 4.74 Å². The molecule has 1 fully saturated rings. The van der Waals surface area contributed by atoms with Gasteiger partial charge in [0.25, 0.3) is 0 Å². The van der Waals surface area contributed by atoms with Crippen molar-refractivity contribution in [3.05, 3.63) is 89.0 Å². The summed E-state index contributed by atoms with van der Waals surface area (Å²) in [5.41, 5.74) is 3.27. The van der Waals surface area contributed by atoms with E-state index in [0.717, 1.165) is 16.0 Å². The molecule has 1 saturated heterocycles. The minimum atomic E-state index is -1.74. The molecule has 70 heavy (non-hydrogen) atoms. The summed E-state index contributed by atoms with van der Waals surface area (Å²) in [7, 11) is 4.16. The summed E-state index contributed by atoms with van der Waals surface area (Å²) >= 11 is 0. The zero-order valence-electron chi connectivity index (χ0n) is 43.1. The third-order valence-electron chi connectivity index (χ3n) is 13.2. The summed E-state index contributed by atoms with van der Waals surface area (Å²) in [5.74, 6) is -7.48. The van der Waals surface area contributed by atoms with Gasteiger partial charge in [0.15, 0.2) is 0 Å². The Balaban J connectivity index is 1.97. The molecule has 17 nitrogen and oxygen atoms in total. The van der Waals surface area contributed by atoms with Crippen molar-refractivity contribution in [2.24, 2.45) is 23.7 Å². The average molecular weight is 972 g/mol. The van der Waals surface area contributed by atoms with E-state index in [0.29, 0.717) is 16.7 Å². The number of fused-ring (bicyclic) bond motifs is 1. The topological polar surface area (TPSA) is 236 Å². The van der Waals surface area contributed by atoms with Gasteiger partial charge in [-0.05, 0) is 73.6 Å². The van der Waals surface area contributed by atoms with E-state index in [2.05, 4.69) is 26.6 Å². The van der Waals surface area contributed by atoms with E-state index in [1.807, 2.05) is 58.9 Å². The maximum atomic E-state index is 15.1. The van der Waals surface area contributed by atoms with Crippen LogP contribution in [-0.4, -0.2) is 138 Å². The fraction of sp³-hybridized carbons (Fsp3) is 0.566. The van der Waals surface area contributed by atoms with Crippen molar-refractivity contribution in [1.29, 1.82) is 0 Å². The number of hydrogen-bond donors (Lipinski definition) is 7. The number of carbonyl (C=O) groups is 7. The van der Waals surface area contributed by atoms with Crippen molar-refractivity contribution in [2.75, 3.05) is 27.8 Å². The monoisotopic (exact) mass is 972 g/mol. The minimum absolute atomic E-state index is 0.102. The maximum absolute atomic E-state index is 15.1. The van der Waals surface area contributed by atoms with Crippen LogP contribution in [0.4, 0.5) is 0 Å². The number of rotatable bonds is 13. The minimum Gasteiger partial charge on any atom is -0.396 e. The number of likely N-dealkylation sites (N-methyl/N-ethyl adjacent to an activating group) is 2. The lowest BCUT2D eigenvalue weighted by atomic mass is 9.93. The molecule has 4 rings (SSSR count). The van der Waals surface area contributed by atoms with Crippen LogP contribution in [0.1, 0.15) is 111 Å². The molecule has 7 amide bonds. The van der Waals surface area contributed by atoms with Crippen LogP contribution in [0.25, 0.3) is 5.57 Å². The van der Waals surface area contributed by atoms with E-state index in [1.165, 1.54) is 33.0 Å². The molecule has 0 aromatic heterocycles. The maximum Gasteiger partial charge on any atom is 0.248 e. The molecule has 1 heterocycles. The smallest absolute Gasteiger partial charge is 0.248 e. The summed E-state index contributed by atoms with van der Waals surface area (Å²) in [6.07, 6.45) is 0.885. The summed E-state index contributed by atoms with van der Waals surface area (Å²) in [6, 6.07) is 6.40. The molecular weight excluding hydrogens is 895 g/mol. The van der Waals surface area contributed by atoms with Crippen molar-refractivity contribution in [3.8, 4) is 0 Å². The predicted molar refractivity (Wildman–Crippen MR) is 267 cm³/mol. The number of aliphatic hydroxyl groups excluding tert-OH is 2. The van der Waals surface area contributed by atoms with Crippen LogP contribution in [0.5, 0.6) is 0 Å². The lowest BCUT2D eigenvalue weighted by Crippen LogP contribution is -2.63. The van der Waals surface area contributed by atoms with Gasteiger partial charge in [-0.2, -0.15) is 0 Å². The van der Waals surface area contributed by atoms with Gasteiger partial charge < -0.3 is 51.3 Å². The molecule has 1 aliphatic carbocycles. The van der Waals surface area contributed by atoms with Crippen molar-refractivity contribution < 1.29 is 48.5 Å². The predicted octanol–water partition coefficient (Wildman–Crippen LogP) is 3.37. The number of nitrogens with one attached hydrogen (secondary N) is 5. The van der Waals surface area contributed by atoms with E-state index in [9.17, 15) is 39.0 Å². The van der Waals surface area contributed by atoms with Crippen LogP contribution >= 0.6 is 0 Å². The van der Waals surface area contributed by atoms with Crippen molar-refractivity contribution >= 4 is 46.9 Å². The second-order valence-electron chi connectivity index (χ2n) is 20.1. The van der Waals surface area contributed by atoms with Gasteiger partial charge in [0.05, 0.1) is 0 Å². The van der Waals surface area contributed by atoms with Gasteiger partial charge in [0, 0.05) is 39.6 Å². The summed E-state index contributed by atoms with van der Waals surface area (Å²) in [4.78, 5) is 105. The highest BCUT2D eigenvalue weighted by molar-refractivity contribution is 6.00. The summed E-state index contributed by atoms with van der Waals surface area (Å²) < 4.78 is 5.85. The molecule has 384 valence electrons. The van der Waals surface area contributed by atoms with E-state index in [1.54, 1.807) is 70.2 Å². The number of methoxy groups -OCH3 is 1. The summed E-state index contributed by atoms with van der Waals surface area (Å²) in [6.45, 7) is 17.2. The van der Waals surface area contributed by atoms with Gasteiger partial charge in [-0.3, -0.25) is 33.6 Å². The quantitative estimate of drug-likeness (QED) is 0.145. The number of aliphatic hydroxyl groups is 2. The first-order valence-electron chi connectivity index (χ1n) is 24.3. The lowest BCUT2D eigenvalue weighted by Gasteiger charge is -2.36. The molecule has 0 radical (unpaired) electrons. The van der Waals surface area contributed by atoms with Gasteiger partial charge in [0.1, 0.15) is 54.5 Å². The average Bonchev–Trinajstić information content (AvgIpc) is 3.66. The normalized spacial score (nSPS) is 26.4. The van der Waals surface area contributed by atoms with Crippen molar-refractivity contribution in [1.82, 2.24) is 36.4 Å². The first kappa shape index (κ1) is 56.7. The Bertz CT molecular complexity index is 2240. The third kappa shape index (κ3) is 13.9. The van der Waals surface area contributed by atoms with Crippen LogP contribution in [-0.2, 0) is 38.3 Å². The molecule has 0 bridgehead atoms. The molecule has 12 atom stereocenters. The van der Waals surface area contributed by atoms with Gasteiger partial charge in [-0.25, -0.2) is 0 Å². The lowest BCUT2D eigenvalue weighted by molar-refractivity contribution is -0.145. The van der Waals surface area contributed by atoms with Crippen LogP contribution in [0.15, 0.2) is 72.3 Å².